The summed E-state index contributed by atoms with van der Waals surface area (Å²) >= 11 is 0. The molecule has 94 valence electrons. The Bertz CT molecular complexity index is 354. The van der Waals surface area contributed by atoms with E-state index < -0.39 is 0 Å². The minimum absolute atomic E-state index is 0.110. The Morgan fingerprint density at radius 3 is 2.94 bits per heavy atom. The van der Waals surface area contributed by atoms with Crippen molar-refractivity contribution >= 4 is 0 Å². The lowest BCUT2D eigenvalue weighted by atomic mass is 9.86. The number of pyridine rings is 1. The summed E-state index contributed by atoms with van der Waals surface area (Å²) in [5, 5.41) is 13.3. The smallest absolute Gasteiger partial charge is 0.0580 e. The molecule has 1 aliphatic carbocycles. The first-order chi connectivity index (χ1) is 8.25. The third kappa shape index (κ3) is 3.79. The van der Waals surface area contributed by atoms with Crippen LogP contribution in [-0.4, -0.2) is 22.7 Å². The lowest BCUT2D eigenvalue weighted by Crippen LogP contribution is -2.33. The van der Waals surface area contributed by atoms with Crippen LogP contribution in [0, 0.1) is 12.8 Å². The molecule has 0 amide bonds. The summed E-state index contributed by atoms with van der Waals surface area (Å²) in [4.78, 5) is 4.45. The van der Waals surface area contributed by atoms with E-state index in [-0.39, 0.29) is 6.10 Å². The van der Waals surface area contributed by atoms with Gasteiger partial charge in [0.1, 0.15) is 0 Å². The molecule has 2 rings (SSSR count). The third-order valence-electron chi connectivity index (χ3n) is 3.53. The van der Waals surface area contributed by atoms with Crippen molar-refractivity contribution in [2.75, 3.05) is 6.54 Å². The number of rotatable bonds is 4. The highest BCUT2D eigenvalue weighted by atomic mass is 16.3. The van der Waals surface area contributed by atoms with Crippen LogP contribution in [0.4, 0.5) is 0 Å². The maximum absolute atomic E-state index is 9.85. The zero-order valence-electron chi connectivity index (χ0n) is 10.5. The van der Waals surface area contributed by atoms with E-state index in [1.165, 1.54) is 12.8 Å². The van der Waals surface area contributed by atoms with Gasteiger partial charge in [0.05, 0.1) is 11.8 Å². The Kier molecular flexibility index (Phi) is 4.51. The molecule has 0 aliphatic heterocycles. The lowest BCUT2D eigenvalue weighted by molar-refractivity contribution is 0.0694. The molecule has 1 fully saturated rings. The predicted molar refractivity (Wildman–Crippen MR) is 68.6 cm³/mol. The standard InChI is InChI=1S/C14H22N2O/c1-11-5-4-7-13(16-11)10-15-9-12-6-2-3-8-14(12)17/h4-5,7,12,14-15,17H,2-3,6,8-10H2,1H3. The average Bonchev–Trinajstić information content (AvgIpc) is 2.32. The number of aliphatic hydroxyl groups is 1. The maximum Gasteiger partial charge on any atom is 0.0580 e. The largest absolute Gasteiger partial charge is 0.393 e. The average molecular weight is 234 g/mol. The second-order valence-electron chi connectivity index (χ2n) is 5.01. The first kappa shape index (κ1) is 12.5. The van der Waals surface area contributed by atoms with Gasteiger partial charge in [-0.1, -0.05) is 18.9 Å². The molecule has 2 N–H and O–H groups in total. The van der Waals surface area contributed by atoms with Crippen LogP contribution < -0.4 is 5.32 Å². The van der Waals surface area contributed by atoms with Gasteiger partial charge in [0.2, 0.25) is 0 Å². The number of hydrogen-bond acceptors (Lipinski definition) is 3. The maximum atomic E-state index is 9.85. The van der Waals surface area contributed by atoms with E-state index in [9.17, 15) is 5.11 Å². The minimum Gasteiger partial charge on any atom is -0.393 e. The van der Waals surface area contributed by atoms with Gasteiger partial charge >= 0.3 is 0 Å². The highest BCUT2D eigenvalue weighted by Gasteiger charge is 2.22. The summed E-state index contributed by atoms with van der Waals surface area (Å²) in [5.74, 6) is 0.425. The van der Waals surface area contributed by atoms with E-state index >= 15 is 0 Å². The Labute approximate surface area is 103 Å². The number of nitrogens with one attached hydrogen (secondary N) is 1. The first-order valence-corrected chi connectivity index (χ1v) is 6.57. The Hall–Kier alpha value is -0.930. The molecule has 1 saturated carbocycles. The quantitative estimate of drug-likeness (QED) is 0.838. The topological polar surface area (TPSA) is 45.1 Å². The fraction of sp³-hybridized carbons (Fsp3) is 0.643. The van der Waals surface area contributed by atoms with E-state index in [0.29, 0.717) is 5.92 Å². The van der Waals surface area contributed by atoms with Gasteiger partial charge in [0.25, 0.3) is 0 Å². The number of aromatic nitrogens is 1. The van der Waals surface area contributed by atoms with E-state index in [1.54, 1.807) is 0 Å². The number of hydrogen-bond donors (Lipinski definition) is 2. The summed E-state index contributed by atoms with van der Waals surface area (Å²) in [6.45, 7) is 3.70. The molecule has 0 bridgehead atoms. The van der Waals surface area contributed by atoms with Crippen LogP contribution >= 0.6 is 0 Å². The fourth-order valence-electron chi connectivity index (χ4n) is 2.51. The highest BCUT2D eigenvalue weighted by molar-refractivity contribution is 5.09. The summed E-state index contributed by atoms with van der Waals surface area (Å²) in [6.07, 6.45) is 4.44. The molecule has 1 aromatic heterocycles. The molecule has 1 aromatic rings. The minimum atomic E-state index is -0.110. The van der Waals surface area contributed by atoms with Crippen molar-refractivity contribution in [3.05, 3.63) is 29.6 Å². The second kappa shape index (κ2) is 6.12. The molecular formula is C14H22N2O. The van der Waals surface area contributed by atoms with Gasteiger partial charge in [-0.3, -0.25) is 4.98 Å². The Morgan fingerprint density at radius 2 is 2.18 bits per heavy atom. The van der Waals surface area contributed by atoms with Crippen molar-refractivity contribution in [2.24, 2.45) is 5.92 Å². The molecule has 0 radical (unpaired) electrons. The molecule has 0 aromatic carbocycles. The van der Waals surface area contributed by atoms with Crippen LogP contribution in [0.5, 0.6) is 0 Å². The first-order valence-electron chi connectivity index (χ1n) is 6.57. The van der Waals surface area contributed by atoms with E-state index in [2.05, 4.69) is 10.3 Å². The summed E-state index contributed by atoms with van der Waals surface area (Å²) in [6, 6.07) is 6.08. The predicted octanol–water partition coefficient (Wildman–Crippen LogP) is 2.03. The van der Waals surface area contributed by atoms with E-state index in [4.69, 9.17) is 0 Å². The van der Waals surface area contributed by atoms with Gasteiger partial charge in [0, 0.05) is 18.8 Å². The SMILES string of the molecule is Cc1cccc(CNCC2CCCCC2O)n1. The summed E-state index contributed by atoms with van der Waals surface area (Å²) in [7, 11) is 0. The Morgan fingerprint density at radius 1 is 1.35 bits per heavy atom. The molecule has 2 unspecified atom stereocenters. The molecule has 3 heteroatoms. The second-order valence-corrected chi connectivity index (χ2v) is 5.01. The highest BCUT2D eigenvalue weighted by Crippen LogP contribution is 2.23. The molecule has 17 heavy (non-hydrogen) atoms. The third-order valence-corrected chi connectivity index (χ3v) is 3.53. The van der Waals surface area contributed by atoms with Crippen molar-refractivity contribution in [1.29, 1.82) is 0 Å². The van der Waals surface area contributed by atoms with Crippen LogP contribution in [0.2, 0.25) is 0 Å². The van der Waals surface area contributed by atoms with Crippen LogP contribution in [-0.2, 0) is 6.54 Å². The van der Waals surface area contributed by atoms with E-state index in [0.717, 1.165) is 37.3 Å². The number of aliphatic hydroxyl groups excluding tert-OH is 1. The van der Waals surface area contributed by atoms with Crippen LogP contribution in [0.25, 0.3) is 0 Å². The number of aryl methyl sites for hydroxylation is 1. The van der Waals surface area contributed by atoms with Crippen molar-refractivity contribution < 1.29 is 5.11 Å². The van der Waals surface area contributed by atoms with Crippen molar-refractivity contribution in [3.8, 4) is 0 Å². The van der Waals surface area contributed by atoms with Gasteiger partial charge in [-0.25, -0.2) is 0 Å². The van der Waals surface area contributed by atoms with Crippen molar-refractivity contribution in [3.63, 3.8) is 0 Å². The summed E-state index contributed by atoms with van der Waals surface area (Å²) < 4.78 is 0. The Balaban J connectivity index is 1.75. The molecule has 0 saturated heterocycles. The van der Waals surface area contributed by atoms with Crippen LogP contribution in [0.1, 0.15) is 37.1 Å². The molecule has 1 heterocycles. The van der Waals surface area contributed by atoms with E-state index in [1.807, 2.05) is 25.1 Å². The number of nitrogens with zero attached hydrogens (tertiary/aromatic N) is 1. The van der Waals surface area contributed by atoms with Crippen molar-refractivity contribution in [1.82, 2.24) is 10.3 Å². The summed E-state index contributed by atoms with van der Waals surface area (Å²) in [5.41, 5.74) is 2.14. The zero-order valence-corrected chi connectivity index (χ0v) is 10.5. The zero-order chi connectivity index (χ0) is 12.1. The van der Waals surface area contributed by atoms with Crippen molar-refractivity contribution in [2.45, 2.75) is 45.3 Å². The fourth-order valence-corrected chi connectivity index (χ4v) is 2.51. The van der Waals surface area contributed by atoms with Gasteiger partial charge in [-0.05, 0) is 37.8 Å². The molecule has 3 nitrogen and oxygen atoms in total. The van der Waals surface area contributed by atoms with Crippen LogP contribution in [0.15, 0.2) is 18.2 Å². The lowest BCUT2D eigenvalue weighted by Gasteiger charge is -2.27. The molecule has 0 spiro atoms. The van der Waals surface area contributed by atoms with Gasteiger partial charge in [-0.2, -0.15) is 0 Å². The normalized spacial score (nSPS) is 24.8. The van der Waals surface area contributed by atoms with Gasteiger partial charge in [-0.15, -0.1) is 0 Å². The molecule has 2 atom stereocenters. The monoisotopic (exact) mass is 234 g/mol. The molecular weight excluding hydrogens is 212 g/mol. The van der Waals surface area contributed by atoms with Crippen LogP contribution in [0.3, 0.4) is 0 Å². The van der Waals surface area contributed by atoms with Gasteiger partial charge < -0.3 is 10.4 Å². The van der Waals surface area contributed by atoms with Gasteiger partial charge in [0.15, 0.2) is 0 Å². The molecule has 1 aliphatic rings.